The molecule has 0 saturated carbocycles. The Morgan fingerprint density at radius 3 is 2.33 bits per heavy atom. The third-order valence-corrected chi connectivity index (χ3v) is 6.45. The SMILES string of the molecule is CCOc1ccc(N2CC3CN(c4ccc(NC(C)=O)cc4)C[C@@H]2C(C)(C)C3)cc1. The molecule has 30 heavy (non-hydrogen) atoms. The number of nitrogens with one attached hydrogen (secondary N) is 1. The van der Waals surface area contributed by atoms with Gasteiger partial charge in [0.05, 0.1) is 12.6 Å². The average molecular weight is 408 g/mol. The molecule has 3 heterocycles. The number of hydrogen-bond acceptors (Lipinski definition) is 4. The Morgan fingerprint density at radius 1 is 1.03 bits per heavy atom. The van der Waals surface area contributed by atoms with Crippen molar-refractivity contribution in [1.82, 2.24) is 0 Å². The third kappa shape index (κ3) is 4.25. The van der Waals surface area contributed by atoms with Crippen LogP contribution in [-0.4, -0.2) is 38.2 Å². The number of nitrogens with zero attached hydrogens (tertiary/aromatic N) is 2. The first-order chi connectivity index (χ1) is 14.4. The van der Waals surface area contributed by atoms with Crippen LogP contribution in [0.25, 0.3) is 0 Å². The van der Waals surface area contributed by atoms with E-state index in [1.165, 1.54) is 24.7 Å². The molecule has 2 aromatic rings. The topological polar surface area (TPSA) is 44.8 Å². The number of rotatable bonds is 5. The number of anilines is 3. The second-order valence-electron chi connectivity index (χ2n) is 9.29. The molecule has 3 aliphatic heterocycles. The molecule has 1 amide bonds. The van der Waals surface area contributed by atoms with Gasteiger partial charge in [-0.2, -0.15) is 0 Å². The summed E-state index contributed by atoms with van der Waals surface area (Å²) in [5.41, 5.74) is 3.60. The van der Waals surface area contributed by atoms with Crippen molar-refractivity contribution in [3.63, 3.8) is 0 Å². The molecule has 1 unspecified atom stereocenters. The van der Waals surface area contributed by atoms with Crippen molar-refractivity contribution < 1.29 is 9.53 Å². The predicted molar refractivity (Wildman–Crippen MR) is 124 cm³/mol. The van der Waals surface area contributed by atoms with E-state index < -0.39 is 0 Å². The minimum atomic E-state index is -0.0386. The molecule has 1 N–H and O–H groups in total. The molecule has 2 atom stereocenters. The number of carbonyl (C=O) groups is 1. The van der Waals surface area contributed by atoms with Gasteiger partial charge in [-0.1, -0.05) is 13.8 Å². The zero-order valence-electron chi connectivity index (χ0n) is 18.5. The van der Waals surface area contributed by atoms with E-state index in [2.05, 4.69) is 65.4 Å². The van der Waals surface area contributed by atoms with E-state index in [4.69, 9.17) is 4.74 Å². The minimum absolute atomic E-state index is 0.0386. The molecule has 0 aliphatic carbocycles. The fourth-order valence-corrected chi connectivity index (χ4v) is 5.19. The lowest BCUT2D eigenvalue weighted by Crippen LogP contribution is -2.53. The summed E-state index contributed by atoms with van der Waals surface area (Å²) in [4.78, 5) is 16.4. The van der Waals surface area contributed by atoms with Crippen molar-refractivity contribution >= 4 is 23.0 Å². The second kappa shape index (κ2) is 8.21. The molecular weight excluding hydrogens is 374 g/mol. The summed E-state index contributed by atoms with van der Waals surface area (Å²) in [7, 11) is 0. The van der Waals surface area contributed by atoms with Gasteiger partial charge in [-0.3, -0.25) is 4.79 Å². The van der Waals surface area contributed by atoms with E-state index >= 15 is 0 Å². The van der Waals surface area contributed by atoms with Crippen LogP contribution in [0.15, 0.2) is 48.5 Å². The lowest BCUT2D eigenvalue weighted by molar-refractivity contribution is -0.114. The lowest BCUT2D eigenvalue weighted by Gasteiger charge is -2.48. The Bertz CT molecular complexity index is 876. The minimum Gasteiger partial charge on any atom is -0.494 e. The molecule has 3 fully saturated rings. The maximum atomic E-state index is 11.3. The summed E-state index contributed by atoms with van der Waals surface area (Å²) in [6.07, 6.45) is 1.24. The lowest BCUT2D eigenvalue weighted by atomic mass is 9.73. The van der Waals surface area contributed by atoms with Crippen LogP contribution in [0.5, 0.6) is 5.75 Å². The van der Waals surface area contributed by atoms with Crippen molar-refractivity contribution in [3.8, 4) is 5.75 Å². The second-order valence-corrected chi connectivity index (χ2v) is 9.29. The highest BCUT2D eigenvalue weighted by Gasteiger charge is 2.45. The smallest absolute Gasteiger partial charge is 0.221 e. The Balaban J connectivity index is 1.57. The molecule has 2 bridgehead atoms. The standard InChI is InChI=1S/C25H33N3O2/c1-5-30-23-12-10-22(11-13-23)28-16-19-14-25(3,4)24(28)17-27(15-19)21-8-6-20(7-9-21)26-18(2)29/h6-13,19,24H,5,14-17H2,1-4H3,(H,26,29)/t19?,24-/m1/s1. The van der Waals surface area contributed by atoms with Crippen LogP contribution in [0.4, 0.5) is 17.1 Å². The van der Waals surface area contributed by atoms with Gasteiger partial charge in [0.1, 0.15) is 5.75 Å². The normalized spacial score (nSPS) is 22.5. The van der Waals surface area contributed by atoms with Crippen LogP contribution in [0.2, 0.25) is 0 Å². The van der Waals surface area contributed by atoms with Crippen LogP contribution >= 0.6 is 0 Å². The van der Waals surface area contributed by atoms with E-state index in [1.54, 1.807) is 0 Å². The molecule has 2 aromatic carbocycles. The van der Waals surface area contributed by atoms with E-state index in [0.29, 0.717) is 18.6 Å². The summed E-state index contributed by atoms with van der Waals surface area (Å²) < 4.78 is 5.63. The third-order valence-electron chi connectivity index (χ3n) is 6.45. The zero-order valence-corrected chi connectivity index (χ0v) is 18.5. The van der Waals surface area contributed by atoms with Crippen molar-refractivity contribution in [1.29, 1.82) is 0 Å². The first-order valence-corrected chi connectivity index (χ1v) is 11.0. The van der Waals surface area contributed by atoms with Gasteiger partial charge in [0, 0.05) is 43.6 Å². The fraction of sp³-hybridized carbons (Fsp3) is 0.480. The summed E-state index contributed by atoms with van der Waals surface area (Å²) in [6, 6.07) is 17.3. The molecule has 5 nitrogen and oxygen atoms in total. The van der Waals surface area contributed by atoms with Gasteiger partial charge in [0.25, 0.3) is 0 Å². The van der Waals surface area contributed by atoms with Gasteiger partial charge in [-0.15, -0.1) is 0 Å². The Labute approximate surface area is 180 Å². The van der Waals surface area contributed by atoms with Crippen LogP contribution in [0.3, 0.4) is 0 Å². The molecular formula is C25H33N3O2. The highest BCUT2D eigenvalue weighted by molar-refractivity contribution is 5.88. The summed E-state index contributed by atoms with van der Waals surface area (Å²) in [6.45, 7) is 12.2. The molecule has 0 aromatic heterocycles. The molecule has 3 aliphatic rings. The summed E-state index contributed by atoms with van der Waals surface area (Å²) >= 11 is 0. The largest absolute Gasteiger partial charge is 0.494 e. The van der Waals surface area contributed by atoms with Gasteiger partial charge in [0.15, 0.2) is 0 Å². The van der Waals surface area contributed by atoms with E-state index in [-0.39, 0.29) is 11.3 Å². The molecule has 5 rings (SSSR count). The monoisotopic (exact) mass is 407 g/mol. The predicted octanol–water partition coefficient (Wildman–Crippen LogP) is 4.79. The molecule has 5 heteroatoms. The Morgan fingerprint density at radius 2 is 1.70 bits per heavy atom. The summed E-state index contributed by atoms with van der Waals surface area (Å²) in [5, 5.41) is 2.86. The maximum absolute atomic E-state index is 11.3. The highest BCUT2D eigenvalue weighted by Crippen LogP contribution is 2.44. The number of ether oxygens (including phenoxy) is 1. The van der Waals surface area contributed by atoms with Gasteiger partial charge < -0.3 is 19.9 Å². The number of amides is 1. The van der Waals surface area contributed by atoms with Crippen LogP contribution in [0.1, 0.15) is 34.1 Å². The molecule has 160 valence electrons. The van der Waals surface area contributed by atoms with E-state index in [9.17, 15) is 4.79 Å². The van der Waals surface area contributed by atoms with Crippen molar-refractivity contribution in [2.24, 2.45) is 11.3 Å². The maximum Gasteiger partial charge on any atom is 0.221 e. The van der Waals surface area contributed by atoms with Crippen molar-refractivity contribution in [2.45, 2.75) is 40.2 Å². The van der Waals surface area contributed by atoms with Gasteiger partial charge in [-0.25, -0.2) is 0 Å². The Hall–Kier alpha value is -2.69. The van der Waals surface area contributed by atoms with Crippen molar-refractivity contribution in [2.75, 3.05) is 41.4 Å². The number of benzene rings is 2. The van der Waals surface area contributed by atoms with Gasteiger partial charge in [0.2, 0.25) is 5.91 Å². The number of fused-ring (bicyclic) bond motifs is 4. The van der Waals surface area contributed by atoms with E-state index in [1.807, 2.05) is 19.1 Å². The van der Waals surface area contributed by atoms with Gasteiger partial charge in [-0.05, 0) is 73.2 Å². The average Bonchev–Trinajstić information content (AvgIpc) is 2.96. The molecule has 0 spiro atoms. The number of carbonyl (C=O) groups excluding carboxylic acids is 1. The first kappa shape index (κ1) is 20.6. The Kier molecular flexibility index (Phi) is 5.63. The molecule has 3 saturated heterocycles. The molecule has 0 radical (unpaired) electrons. The first-order valence-electron chi connectivity index (χ1n) is 11.0. The number of piperidine rings is 1. The van der Waals surface area contributed by atoms with E-state index in [0.717, 1.165) is 31.1 Å². The van der Waals surface area contributed by atoms with Crippen LogP contribution in [0, 0.1) is 11.3 Å². The highest BCUT2D eigenvalue weighted by atomic mass is 16.5. The zero-order chi connectivity index (χ0) is 21.3. The number of hydrogen-bond donors (Lipinski definition) is 1. The van der Waals surface area contributed by atoms with Gasteiger partial charge >= 0.3 is 0 Å². The summed E-state index contributed by atoms with van der Waals surface area (Å²) in [5.74, 6) is 1.50. The quantitative estimate of drug-likeness (QED) is 0.774. The van der Waals surface area contributed by atoms with Crippen molar-refractivity contribution in [3.05, 3.63) is 48.5 Å². The van der Waals surface area contributed by atoms with Crippen LogP contribution < -0.4 is 19.9 Å². The van der Waals surface area contributed by atoms with Crippen LogP contribution in [-0.2, 0) is 4.79 Å². The fourth-order valence-electron chi connectivity index (χ4n) is 5.19.